The lowest BCUT2D eigenvalue weighted by Crippen LogP contribution is -2.44. The smallest absolute Gasteiger partial charge is 0.311 e. The van der Waals surface area contributed by atoms with E-state index in [1.165, 1.54) is 0 Å². The van der Waals surface area contributed by atoms with Gasteiger partial charge in [0.25, 0.3) is 0 Å². The number of piperidine rings is 1. The fourth-order valence-electron chi connectivity index (χ4n) is 4.04. The van der Waals surface area contributed by atoms with Gasteiger partial charge < -0.3 is 19.2 Å². The molecule has 7 nitrogen and oxygen atoms in total. The van der Waals surface area contributed by atoms with Gasteiger partial charge in [0.15, 0.2) is 0 Å². The molecule has 0 aliphatic carbocycles. The van der Waals surface area contributed by atoms with Crippen molar-refractivity contribution in [2.45, 2.75) is 39.7 Å². The second kappa shape index (κ2) is 12.3. The first kappa shape index (κ1) is 26.8. The molecule has 3 aromatic rings. The average molecular weight is 502 g/mol. The van der Waals surface area contributed by atoms with Gasteiger partial charge in [0.05, 0.1) is 23.9 Å². The first-order valence-corrected chi connectivity index (χ1v) is 12.0. The van der Waals surface area contributed by atoms with E-state index in [1.54, 1.807) is 6.33 Å². The number of imidazole rings is 1. The molecule has 1 atom stereocenters. The lowest BCUT2D eigenvalue weighted by Gasteiger charge is -2.34. The Morgan fingerprint density at radius 1 is 1.09 bits per heavy atom. The van der Waals surface area contributed by atoms with Gasteiger partial charge >= 0.3 is 5.97 Å². The number of likely N-dealkylation sites (tertiary alicyclic amines) is 1. The summed E-state index contributed by atoms with van der Waals surface area (Å²) in [5.74, 6) is 1.92. The molecule has 1 aliphatic rings. The van der Waals surface area contributed by atoms with Crippen LogP contribution in [-0.4, -0.2) is 59.8 Å². The summed E-state index contributed by atoms with van der Waals surface area (Å²) in [6, 6.07) is 15.7. The number of aromatic nitrogens is 2. The number of ether oxygens (including phenoxy) is 3. The van der Waals surface area contributed by atoms with Crippen molar-refractivity contribution in [2.24, 2.45) is 11.3 Å². The highest BCUT2D eigenvalue weighted by atomic mass is 35.5. The van der Waals surface area contributed by atoms with Crippen LogP contribution in [0, 0.1) is 11.3 Å². The highest BCUT2D eigenvalue weighted by Crippen LogP contribution is 2.24. The minimum absolute atomic E-state index is 0. The number of rotatable bonds is 9. The maximum atomic E-state index is 12.6. The number of carbonyl (C=O) groups excluding carboxylic acids is 1. The molecule has 2 heterocycles. The van der Waals surface area contributed by atoms with Crippen molar-refractivity contribution >= 4 is 29.4 Å². The zero-order chi connectivity index (χ0) is 24.0. The number of esters is 1. The number of benzene rings is 2. The third kappa shape index (κ3) is 7.61. The molecule has 8 heteroatoms. The largest absolute Gasteiger partial charge is 0.493 e. The van der Waals surface area contributed by atoms with E-state index in [-0.39, 0.29) is 31.1 Å². The standard InChI is InChI=1S/C27H35N3O4.ClH/c1-27(2,3)26(31)34-22(18-33-24-11-7-10-23-25(24)29-19-28-23)16-30-14-12-20(13-15-30)17-32-21-8-5-4-6-9-21;/h4-11,19-20,22H,12-18H2,1-3H3,(H,28,29);1H. The Labute approximate surface area is 213 Å². The summed E-state index contributed by atoms with van der Waals surface area (Å²) in [6.45, 7) is 9.16. The van der Waals surface area contributed by atoms with E-state index in [9.17, 15) is 4.79 Å². The Kier molecular flexibility index (Phi) is 9.40. The fraction of sp³-hybridized carbons (Fsp3) is 0.481. The molecule has 1 fully saturated rings. The summed E-state index contributed by atoms with van der Waals surface area (Å²) >= 11 is 0. The van der Waals surface area contributed by atoms with Gasteiger partial charge in [-0.3, -0.25) is 9.69 Å². The van der Waals surface area contributed by atoms with Gasteiger partial charge in [-0.2, -0.15) is 0 Å². The number of aromatic amines is 1. The van der Waals surface area contributed by atoms with E-state index < -0.39 is 5.41 Å². The minimum atomic E-state index is -0.567. The van der Waals surface area contributed by atoms with Crippen LogP contribution < -0.4 is 9.47 Å². The van der Waals surface area contributed by atoms with E-state index in [0.29, 0.717) is 18.2 Å². The number of hydrogen-bond acceptors (Lipinski definition) is 6. The van der Waals surface area contributed by atoms with Gasteiger partial charge in [-0.05, 0) is 76.9 Å². The minimum Gasteiger partial charge on any atom is -0.493 e. The third-order valence-electron chi connectivity index (χ3n) is 6.12. The van der Waals surface area contributed by atoms with Crippen molar-refractivity contribution in [2.75, 3.05) is 32.8 Å². The number of nitrogens with one attached hydrogen (secondary N) is 1. The maximum Gasteiger partial charge on any atom is 0.311 e. The Balaban J connectivity index is 0.00000342. The van der Waals surface area contributed by atoms with Crippen molar-refractivity contribution < 1.29 is 19.0 Å². The van der Waals surface area contributed by atoms with Crippen LogP contribution in [0.1, 0.15) is 33.6 Å². The number of fused-ring (bicyclic) bond motifs is 1. The fourth-order valence-corrected chi connectivity index (χ4v) is 4.04. The molecule has 0 amide bonds. The Morgan fingerprint density at radius 3 is 2.54 bits per heavy atom. The first-order valence-electron chi connectivity index (χ1n) is 12.0. The van der Waals surface area contributed by atoms with Crippen LogP contribution in [0.4, 0.5) is 0 Å². The maximum absolute atomic E-state index is 12.6. The zero-order valence-corrected chi connectivity index (χ0v) is 21.6. The number of para-hydroxylation sites is 2. The highest BCUT2D eigenvalue weighted by molar-refractivity contribution is 5.85. The van der Waals surface area contributed by atoms with Crippen LogP contribution in [0.3, 0.4) is 0 Å². The van der Waals surface area contributed by atoms with Crippen LogP contribution in [0.5, 0.6) is 11.5 Å². The van der Waals surface area contributed by atoms with Crippen molar-refractivity contribution in [1.29, 1.82) is 0 Å². The summed E-state index contributed by atoms with van der Waals surface area (Å²) in [7, 11) is 0. The van der Waals surface area contributed by atoms with Crippen molar-refractivity contribution in [1.82, 2.24) is 14.9 Å². The molecule has 1 saturated heterocycles. The number of H-pyrrole nitrogens is 1. The number of carbonyl (C=O) groups is 1. The summed E-state index contributed by atoms with van der Waals surface area (Å²) in [6.07, 6.45) is 3.40. The average Bonchev–Trinajstić information content (AvgIpc) is 3.32. The highest BCUT2D eigenvalue weighted by Gasteiger charge is 2.29. The molecule has 1 aliphatic heterocycles. The summed E-state index contributed by atoms with van der Waals surface area (Å²) in [4.78, 5) is 22.4. The van der Waals surface area contributed by atoms with E-state index in [4.69, 9.17) is 14.2 Å². The van der Waals surface area contributed by atoms with Crippen molar-refractivity contribution in [3.8, 4) is 11.5 Å². The normalized spacial score (nSPS) is 15.9. The van der Waals surface area contributed by atoms with Crippen molar-refractivity contribution in [3.63, 3.8) is 0 Å². The Hall–Kier alpha value is -2.77. The van der Waals surface area contributed by atoms with Crippen LogP contribution in [0.15, 0.2) is 54.9 Å². The molecular weight excluding hydrogens is 466 g/mol. The number of nitrogens with zero attached hydrogens (tertiary/aromatic N) is 2. The summed E-state index contributed by atoms with van der Waals surface area (Å²) in [5.41, 5.74) is 1.13. The predicted molar refractivity (Wildman–Crippen MR) is 139 cm³/mol. The molecule has 1 unspecified atom stereocenters. The zero-order valence-electron chi connectivity index (χ0n) is 20.7. The second-order valence-electron chi connectivity index (χ2n) is 10.0. The monoisotopic (exact) mass is 501 g/mol. The van der Waals surface area contributed by atoms with E-state index in [2.05, 4.69) is 14.9 Å². The van der Waals surface area contributed by atoms with Gasteiger partial charge in [-0.15, -0.1) is 12.4 Å². The van der Waals surface area contributed by atoms with Crippen LogP contribution in [-0.2, 0) is 9.53 Å². The van der Waals surface area contributed by atoms with Gasteiger partial charge in [-0.25, -0.2) is 4.98 Å². The van der Waals surface area contributed by atoms with Crippen molar-refractivity contribution in [3.05, 3.63) is 54.9 Å². The lowest BCUT2D eigenvalue weighted by atomic mass is 9.97. The molecule has 2 aromatic carbocycles. The molecule has 0 spiro atoms. The third-order valence-corrected chi connectivity index (χ3v) is 6.12. The molecule has 4 rings (SSSR count). The predicted octanol–water partition coefficient (Wildman–Crippen LogP) is 5.11. The molecule has 190 valence electrons. The Bertz CT molecular complexity index is 1060. The molecule has 0 saturated carbocycles. The molecule has 35 heavy (non-hydrogen) atoms. The first-order chi connectivity index (χ1) is 16.4. The van der Waals surface area contributed by atoms with Gasteiger partial charge in [0.2, 0.25) is 0 Å². The molecule has 0 radical (unpaired) electrons. The van der Waals surface area contributed by atoms with E-state index >= 15 is 0 Å². The SMILES string of the molecule is CC(C)(C)C(=O)OC(COc1cccc2[nH]cnc12)CN1CCC(COc2ccccc2)CC1.Cl. The van der Waals surface area contributed by atoms with E-state index in [1.807, 2.05) is 69.3 Å². The van der Waals surface area contributed by atoms with Crippen LogP contribution in [0.2, 0.25) is 0 Å². The summed E-state index contributed by atoms with van der Waals surface area (Å²) in [5, 5.41) is 0. The quantitative estimate of drug-likeness (QED) is 0.410. The topological polar surface area (TPSA) is 76.7 Å². The summed E-state index contributed by atoms with van der Waals surface area (Å²) < 4.78 is 18.0. The molecule has 1 N–H and O–H groups in total. The number of halogens is 1. The van der Waals surface area contributed by atoms with Gasteiger partial charge in [0.1, 0.15) is 29.7 Å². The van der Waals surface area contributed by atoms with Crippen LogP contribution in [0.25, 0.3) is 11.0 Å². The molecular formula is C27H36ClN3O4. The van der Waals surface area contributed by atoms with Crippen LogP contribution >= 0.6 is 12.4 Å². The lowest BCUT2D eigenvalue weighted by molar-refractivity contribution is -0.161. The van der Waals surface area contributed by atoms with Gasteiger partial charge in [0, 0.05) is 6.54 Å². The number of hydrogen-bond donors (Lipinski definition) is 1. The Morgan fingerprint density at radius 2 is 1.83 bits per heavy atom. The molecule has 0 bridgehead atoms. The van der Waals surface area contributed by atoms with Gasteiger partial charge in [-0.1, -0.05) is 24.3 Å². The van der Waals surface area contributed by atoms with E-state index in [0.717, 1.165) is 49.3 Å². The molecule has 1 aromatic heterocycles. The second-order valence-corrected chi connectivity index (χ2v) is 10.0.